The summed E-state index contributed by atoms with van der Waals surface area (Å²) in [5.74, 6) is 0.392. The van der Waals surface area contributed by atoms with E-state index in [1.54, 1.807) is 72.4 Å². The van der Waals surface area contributed by atoms with Crippen molar-refractivity contribution < 1.29 is 14.0 Å². The van der Waals surface area contributed by atoms with Gasteiger partial charge in [0.25, 0.3) is 11.8 Å². The van der Waals surface area contributed by atoms with Crippen molar-refractivity contribution in [1.29, 1.82) is 0 Å². The lowest BCUT2D eigenvalue weighted by Gasteiger charge is -2.12. The molecule has 0 bridgehead atoms. The molecule has 0 spiro atoms. The summed E-state index contributed by atoms with van der Waals surface area (Å²) in [7, 11) is 0. The number of thioether (sulfide) groups is 1. The van der Waals surface area contributed by atoms with Crippen LogP contribution in [-0.2, 0) is 5.75 Å². The number of para-hydroxylation sites is 1. The van der Waals surface area contributed by atoms with Crippen molar-refractivity contribution >= 4 is 45.2 Å². The van der Waals surface area contributed by atoms with Gasteiger partial charge in [-0.05, 0) is 51.8 Å². The number of hydrogen-bond donors (Lipinski definition) is 2. The molecule has 7 heteroatoms. The van der Waals surface area contributed by atoms with Gasteiger partial charge in [-0.25, -0.2) is 4.39 Å². The van der Waals surface area contributed by atoms with Gasteiger partial charge in [0.05, 0.1) is 16.8 Å². The van der Waals surface area contributed by atoms with E-state index in [2.05, 4.69) is 26.6 Å². The predicted molar refractivity (Wildman–Crippen MR) is 123 cm³/mol. The third-order valence-electron chi connectivity index (χ3n) is 4.29. The quantitative estimate of drug-likeness (QED) is 0.413. The zero-order valence-electron chi connectivity index (χ0n) is 16.0. The molecule has 30 heavy (non-hydrogen) atoms. The lowest BCUT2D eigenvalue weighted by molar-refractivity contribution is 0.0957. The molecule has 0 heterocycles. The van der Waals surface area contributed by atoms with Crippen molar-refractivity contribution in [3.05, 3.63) is 99.8 Å². The van der Waals surface area contributed by atoms with E-state index in [1.807, 2.05) is 6.07 Å². The molecule has 0 atom stereocenters. The summed E-state index contributed by atoms with van der Waals surface area (Å²) in [5, 5.41) is 5.65. The number of anilines is 1. The molecule has 0 radical (unpaired) electrons. The molecule has 3 aromatic carbocycles. The first-order chi connectivity index (χ1) is 14.6. The number of amides is 2. The summed E-state index contributed by atoms with van der Waals surface area (Å²) in [6.07, 6.45) is 0. The Bertz CT molecular complexity index is 1040. The highest BCUT2D eigenvalue weighted by Gasteiger charge is 2.15. The first kappa shape index (κ1) is 22.1. The van der Waals surface area contributed by atoms with Gasteiger partial charge in [-0.2, -0.15) is 11.8 Å². The summed E-state index contributed by atoms with van der Waals surface area (Å²) in [6, 6.07) is 20.6. The first-order valence-electron chi connectivity index (χ1n) is 9.30. The minimum absolute atomic E-state index is 0.219. The van der Waals surface area contributed by atoms with E-state index in [4.69, 9.17) is 0 Å². The van der Waals surface area contributed by atoms with Crippen LogP contribution in [0.5, 0.6) is 0 Å². The SMILES string of the molecule is O=C(Nc1ccccc1C(=O)NCCSCc1ccccc1F)c1ccccc1Br. The van der Waals surface area contributed by atoms with E-state index in [9.17, 15) is 14.0 Å². The third kappa shape index (κ3) is 5.93. The molecule has 0 aliphatic rings. The maximum atomic E-state index is 13.6. The summed E-state index contributed by atoms with van der Waals surface area (Å²) in [4.78, 5) is 25.2. The van der Waals surface area contributed by atoms with Crippen LogP contribution < -0.4 is 10.6 Å². The Balaban J connectivity index is 1.54. The molecule has 0 unspecified atom stereocenters. The molecule has 3 aromatic rings. The van der Waals surface area contributed by atoms with Crippen LogP contribution in [0.25, 0.3) is 0 Å². The molecule has 0 saturated carbocycles. The van der Waals surface area contributed by atoms with Gasteiger partial charge in [0.15, 0.2) is 0 Å². The fourth-order valence-electron chi connectivity index (χ4n) is 2.75. The summed E-state index contributed by atoms with van der Waals surface area (Å²) < 4.78 is 14.3. The first-order valence-corrected chi connectivity index (χ1v) is 11.3. The van der Waals surface area contributed by atoms with Gasteiger partial charge in [-0.15, -0.1) is 0 Å². The zero-order valence-corrected chi connectivity index (χ0v) is 18.4. The summed E-state index contributed by atoms with van der Waals surface area (Å²) in [6.45, 7) is 0.435. The number of carbonyl (C=O) groups is 2. The van der Waals surface area contributed by atoms with E-state index in [1.165, 1.54) is 6.07 Å². The van der Waals surface area contributed by atoms with Crippen LogP contribution in [0.3, 0.4) is 0 Å². The van der Waals surface area contributed by atoms with Crippen LogP contribution >= 0.6 is 27.7 Å². The Kier molecular flexibility index (Phi) is 8.04. The molecule has 154 valence electrons. The normalized spacial score (nSPS) is 10.5. The van der Waals surface area contributed by atoms with Gasteiger partial charge in [0, 0.05) is 22.5 Å². The number of nitrogens with one attached hydrogen (secondary N) is 2. The van der Waals surface area contributed by atoms with Crippen molar-refractivity contribution in [3.63, 3.8) is 0 Å². The van der Waals surface area contributed by atoms with Gasteiger partial charge < -0.3 is 10.6 Å². The Labute approximate surface area is 187 Å². The van der Waals surface area contributed by atoms with Crippen molar-refractivity contribution in [2.24, 2.45) is 0 Å². The lowest BCUT2D eigenvalue weighted by atomic mass is 10.1. The minimum Gasteiger partial charge on any atom is -0.351 e. The van der Waals surface area contributed by atoms with Gasteiger partial charge in [-0.3, -0.25) is 9.59 Å². The fourth-order valence-corrected chi connectivity index (χ4v) is 4.06. The molecule has 2 N–H and O–H groups in total. The number of benzene rings is 3. The van der Waals surface area contributed by atoms with Gasteiger partial charge >= 0.3 is 0 Å². The molecule has 0 saturated heterocycles. The highest BCUT2D eigenvalue weighted by atomic mass is 79.9. The number of hydrogen-bond acceptors (Lipinski definition) is 3. The maximum Gasteiger partial charge on any atom is 0.256 e. The Hall–Kier alpha value is -2.64. The average molecular weight is 487 g/mol. The van der Waals surface area contributed by atoms with Crippen molar-refractivity contribution in [1.82, 2.24) is 5.32 Å². The van der Waals surface area contributed by atoms with Gasteiger partial charge in [-0.1, -0.05) is 42.5 Å². The van der Waals surface area contributed by atoms with E-state index >= 15 is 0 Å². The molecule has 0 aliphatic heterocycles. The topological polar surface area (TPSA) is 58.2 Å². The lowest BCUT2D eigenvalue weighted by Crippen LogP contribution is -2.27. The highest BCUT2D eigenvalue weighted by Crippen LogP contribution is 2.20. The van der Waals surface area contributed by atoms with Crippen LogP contribution in [-0.4, -0.2) is 24.1 Å². The molecule has 0 aromatic heterocycles. The fraction of sp³-hybridized carbons (Fsp3) is 0.130. The van der Waals surface area contributed by atoms with Crippen LogP contribution in [0.4, 0.5) is 10.1 Å². The number of carbonyl (C=O) groups excluding carboxylic acids is 2. The Morgan fingerprint density at radius 2 is 1.53 bits per heavy atom. The van der Waals surface area contributed by atoms with Gasteiger partial charge in [0.2, 0.25) is 0 Å². The smallest absolute Gasteiger partial charge is 0.256 e. The minimum atomic E-state index is -0.303. The van der Waals surface area contributed by atoms with Gasteiger partial charge in [0.1, 0.15) is 5.82 Å². The van der Waals surface area contributed by atoms with E-state index in [0.717, 1.165) is 0 Å². The predicted octanol–water partition coefficient (Wildman–Crippen LogP) is 5.50. The molecular weight excluding hydrogens is 467 g/mol. The number of halogens is 2. The Morgan fingerprint density at radius 3 is 2.30 bits per heavy atom. The van der Waals surface area contributed by atoms with Crippen LogP contribution in [0.2, 0.25) is 0 Å². The molecule has 3 rings (SSSR count). The molecular formula is C23H20BrFN2O2S. The second kappa shape index (κ2) is 10.9. The highest BCUT2D eigenvalue weighted by molar-refractivity contribution is 9.10. The molecule has 2 amide bonds. The maximum absolute atomic E-state index is 13.6. The monoisotopic (exact) mass is 486 g/mol. The zero-order chi connectivity index (χ0) is 21.3. The van der Waals surface area contributed by atoms with Crippen LogP contribution in [0.15, 0.2) is 77.3 Å². The molecule has 0 fully saturated rings. The van der Waals surface area contributed by atoms with Crippen molar-refractivity contribution in [2.75, 3.05) is 17.6 Å². The third-order valence-corrected chi connectivity index (χ3v) is 5.99. The van der Waals surface area contributed by atoms with Crippen LogP contribution in [0.1, 0.15) is 26.3 Å². The molecule has 0 aliphatic carbocycles. The summed E-state index contributed by atoms with van der Waals surface area (Å²) in [5.41, 5.74) is 1.96. The van der Waals surface area contributed by atoms with E-state index in [-0.39, 0.29) is 17.6 Å². The summed E-state index contributed by atoms with van der Waals surface area (Å²) >= 11 is 4.90. The standard InChI is InChI=1S/C23H20BrFN2O2S/c24-19-10-4-2-8-17(19)23(29)27-21-12-6-3-9-18(21)22(28)26-13-14-30-15-16-7-1-5-11-20(16)25/h1-12H,13-15H2,(H,26,28)(H,27,29). The second-order valence-electron chi connectivity index (χ2n) is 6.38. The largest absolute Gasteiger partial charge is 0.351 e. The van der Waals surface area contributed by atoms with Crippen LogP contribution in [0, 0.1) is 5.82 Å². The molecule has 4 nitrogen and oxygen atoms in total. The van der Waals surface area contributed by atoms with Crippen molar-refractivity contribution in [2.45, 2.75) is 5.75 Å². The number of rotatable bonds is 8. The Morgan fingerprint density at radius 1 is 0.867 bits per heavy atom. The van der Waals surface area contributed by atoms with Crippen molar-refractivity contribution in [3.8, 4) is 0 Å². The average Bonchev–Trinajstić information content (AvgIpc) is 2.75. The van der Waals surface area contributed by atoms with E-state index in [0.29, 0.717) is 44.9 Å². The second-order valence-corrected chi connectivity index (χ2v) is 8.34. The van der Waals surface area contributed by atoms with E-state index < -0.39 is 0 Å².